The molecule has 17 heavy (non-hydrogen) atoms. The van der Waals surface area contributed by atoms with Crippen molar-refractivity contribution in [2.75, 3.05) is 13.2 Å². The Balaban J connectivity index is 2.36. The molecule has 1 fully saturated rings. The second-order valence-corrected chi connectivity index (χ2v) is 3.73. The zero-order chi connectivity index (χ0) is 12.8. The van der Waals surface area contributed by atoms with Crippen LogP contribution < -0.4 is 16.0 Å². The highest BCUT2D eigenvalue weighted by Gasteiger charge is 2.25. The third-order valence-electron chi connectivity index (χ3n) is 2.33. The molecule has 0 aliphatic carbocycles. The predicted octanol–water partition coefficient (Wildman–Crippen LogP) is -1.99. The van der Waals surface area contributed by atoms with Crippen molar-refractivity contribution in [3.05, 3.63) is 0 Å². The zero-order valence-corrected chi connectivity index (χ0v) is 9.10. The van der Waals surface area contributed by atoms with Gasteiger partial charge in [-0.15, -0.1) is 0 Å². The van der Waals surface area contributed by atoms with E-state index < -0.39 is 18.0 Å². The molecule has 0 aromatic rings. The quantitative estimate of drug-likeness (QED) is 0.383. The van der Waals surface area contributed by atoms with Gasteiger partial charge < -0.3 is 26.2 Å². The van der Waals surface area contributed by atoms with Crippen molar-refractivity contribution in [2.24, 2.45) is 0 Å². The minimum atomic E-state index is -1.21. The highest BCUT2D eigenvalue weighted by Crippen LogP contribution is 1.99. The number of carboxylic acid groups (broad SMARTS) is 1. The molecule has 1 heterocycles. The summed E-state index contributed by atoms with van der Waals surface area (Å²) in [6.45, 7) is 0.00467. The molecule has 1 saturated heterocycles. The monoisotopic (exact) mass is 245 g/mol. The zero-order valence-electron chi connectivity index (χ0n) is 9.10. The number of hydrogen-bond acceptors (Lipinski definition) is 4. The Morgan fingerprint density at radius 2 is 2.24 bits per heavy atom. The standard InChI is InChI=1S/C9H15N3O5/c13-2-1-6(8(15)16)12-9(17)11-5-3-7(14)10-4-5/h5-6,13H,1-4H2,(H,10,14)(H,15,16)(H2,11,12,17)/t5?,6-/m0/s1. The summed E-state index contributed by atoms with van der Waals surface area (Å²) < 4.78 is 0. The summed E-state index contributed by atoms with van der Waals surface area (Å²) in [5.41, 5.74) is 0. The highest BCUT2D eigenvalue weighted by molar-refractivity contribution is 5.84. The molecule has 0 aromatic heterocycles. The topological polar surface area (TPSA) is 128 Å². The number of carboxylic acids is 1. The van der Waals surface area contributed by atoms with Crippen LogP contribution in [0.4, 0.5) is 4.79 Å². The molecule has 0 radical (unpaired) electrons. The van der Waals surface area contributed by atoms with Gasteiger partial charge in [-0.25, -0.2) is 9.59 Å². The van der Waals surface area contributed by atoms with Gasteiger partial charge in [0.05, 0.1) is 6.04 Å². The van der Waals surface area contributed by atoms with Gasteiger partial charge in [-0.3, -0.25) is 4.79 Å². The molecule has 1 rings (SSSR count). The first-order chi connectivity index (χ1) is 8.02. The molecular weight excluding hydrogens is 230 g/mol. The lowest BCUT2D eigenvalue weighted by Crippen LogP contribution is -2.49. The first-order valence-electron chi connectivity index (χ1n) is 5.20. The molecule has 0 spiro atoms. The van der Waals surface area contributed by atoms with Crippen LogP contribution in [0.2, 0.25) is 0 Å². The molecule has 8 nitrogen and oxygen atoms in total. The van der Waals surface area contributed by atoms with Crippen LogP contribution in [-0.4, -0.2) is 53.4 Å². The number of amides is 3. The van der Waals surface area contributed by atoms with Crippen molar-refractivity contribution >= 4 is 17.9 Å². The Hall–Kier alpha value is -1.83. The molecule has 1 aliphatic rings. The molecule has 2 atom stereocenters. The molecule has 1 unspecified atom stereocenters. The smallest absolute Gasteiger partial charge is 0.326 e. The number of nitrogens with one attached hydrogen (secondary N) is 3. The van der Waals surface area contributed by atoms with Crippen molar-refractivity contribution in [3.8, 4) is 0 Å². The minimum Gasteiger partial charge on any atom is -0.480 e. The van der Waals surface area contributed by atoms with Gasteiger partial charge >= 0.3 is 12.0 Å². The van der Waals surface area contributed by atoms with E-state index in [-0.39, 0.29) is 31.4 Å². The van der Waals surface area contributed by atoms with Crippen molar-refractivity contribution in [1.82, 2.24) is 16.0 Å². The SMILES string of the molecule is O=C1CC(NC(=O)N[C@@H](CCO)C(=O)O)CN1. The highest BCUT2D eigenvalue weighted by atomic mass is 16.4. The minimum absolute atomic E-state index is 0.0649. The molecule has 8 heteroatoms. The third kappa shape index (κ3) is 4.27. The van der Waals surface area contributed by atoms with Crippen LogP contribution in [0, 0.1) is 0 Å². The molecule has 3 amide bonds. The van der Waals surface area contributed by atoms with Crippen LogP contribution in [-0.2, 0) is 9.59 Å². The number of hydrogen-bond donors (Lipinski definition) is 5. The molecule has 0 aromatic carbocycles. The summed E-state index contributed by atoms with van der Waals surface area (Å²) in [5, 5.41) is 24.6. The summed E-state index contributed by atoms with van der Waals surface area (Å²) in [4.78, 5) is 32.9. The average molecular weight is 245 g/mol. The largest absolute Gasteiger partial charge is 0.480 e. The number of aliphatic carboxylic acids is 1. The average Bonchev–Trinajstić information content (AvgIpc) is 2.63. The van der Waals surface area contributed by atoms with Gasteiger partial charge in [-0.1, -0.05) is 0 Å². The van der Waals surface area contributed by atoms with E-state index >= 15 is 0 Å². The number of carbonyl (C=O) groups is 3. The number of aliphatic hydroxyl groups excluding tert-OH is 1. The molecule has 0 saturated carbocycles. The van der Waals surface area contributed by atoms with Gasteiger partial charge in [0, 0.05) is 26.0 Å². The Morgan fingerprint density at radius 1 is 1.53 bits per heavy atom. The van der Waals surface area contributed by atoms with Gasteiger partial charge in [0.15, 0.2) is 0 Å². The lowest BCUT2D eigenvalue weighted by atomic mass is 10.2. The second kappa shape index (κ2) is 6.04. The summed E-state index contributed by atoms with van der Waals surface area (Å²) in [6.07, 6.45) is 0.121. The van der Waals surface area contributed by atoms with Crippen LogP contribution in [0.3, 0.4) is 0 Å². The fraction of sp³-hybridized carbons (Fsp3) is 0.667. The van der Waals surface area contributed by atoms with Gasteiger partial charge in [-0.2, -0.15) is 0 Å². The van der Waals surface area contributed by atoms with Crippen molar-refractivity contribution < 1.29 is 24.6 Å². The second-order valence-electron chi connectivity index (χ2n) is 3.73. The van der Waals surface area contributed by atoms with E-state index in [1.165, 1.54) is 0 Å². The molecular formula is C9H15N3O5. The van der Waals surface area contributed by atoms with E-state index in [4.69, 9.17) is 10.2 Å². The van der Waals surface area contributed by atoms with Gasteiger partial charge in [0.25, 0.3) is 0 Å². The van der Waals surface area contributed by atoms with E-state index in [1.54, 1.807) is 0 Å². The van der Waals surface area contributed by atoms with Crippen LogP contribution in [0.25, 0.3) is 0 Å². The van der Waals surface area contributed by atoms with Crippen LogP contribution in [0.1, 0.15) is 12.8 Å². The van der Waals surface area contributed by atoms with Crippen molar-refractivity contribution in [3.63, 3.8) is 0 Å². The maximum atomic E-state index is 11.4. The van der Waals surface area contributed by atoms with E-state index in [0.29, 0.717) is 6.54 Å². The maximum absolute atomic E-state index is 11.4. The lowest BCUT2D eigenvalue weighted by Gasteiger charge is -2.16. The van der Waals surface area contributed by atoms with Gasteiger partial charge in [0.2, 0.25) is 5.91 Å². The summed E-state index contributed by atoms with van der Waals surface area (Å²) >= 11 is 0. The normalized spacial score (nSPS) is 20.5. The van der Waals surface area contributed by atoms with E-state index in [0.717, 1.165) is 0 Å². The Kier molecular flexibility index (Phi) is 4.70. The molecule has 0 bridgehead atoms. The first-order valence-corrected chi connectivity index (χ1v) is 5.20. The lowest BCUT2D eigenvalue weighted by molar-refractivity contribution is -0.139. The number of carbonyl (C=O) groups excluding carboxylic acids is 2. The summed E-state index contributed by atoms with van der Waals surface area (Å²) in [7, 11) is 0. The van der Waals surface area contributed by atoms with Crippen LogP contribution in [0.15, 0.2) is 0 Å². The van der Waals surface area contributed by atoms with E-state index in [1.807, 2.05) is 0 Å². The Labute approximate surface area is 97.4 Å². The van der Waals surface area contributed by atoms with Crippen LogP contribution >= 0.6 is 0 Å². The van der Waals surface area contributed by atoms with Crippen molar-refractivity contribution in [2.45, 2.75) is 24.9 Å². The summed E-state index contributed by atoms with van der Waals surface area (Å²) in [5.74, 6) is -1.37. The molecule has 96 valence electrons. The van der Waals surface area contributed by atoms with Gasteiger partial charge in [-0.05, 0) is 0 Å². The number of rotatable bonds is 5. The van der Waals surface area contributed by atoms with E-state index in [9.17, 15) is 14.4 Å². The van der Waals surface area contributed by atoms with Crippen LogP contribution in [0.5, 0.6) is 0 Å². The maximum Gasteiger partial charge on any atom is 0.326 e. The Morgan fingerprint density at radius 3 is 2.71 bits per heavy atom. The van der Waals surface area contributed by atoms with E-state index in [2.05, 4.69) is 16.0 Å². The molecule has 1 aliphatic heterocycles. The number of urea groups is 1. The first kappa shape index (κ1) is 13.2. The fourth-order valence-corrected chi connectivity index (χ4v) is 1.48. The van der Waals surface area contributed by atoms with Gasteiger partial charge in [0.1, 0.15) is 6.04 Å². The fourth-order valence-electron chi connectivity index (χ4n) is 1.48. The third-order valence-corrected chi connectivity index (χ3v) is 2.33. The Bertz CT molecular complexity index is 320. The summed E-state index contributed by atoms with van der Waals surface area (Å²) in [6, 6.07) is -2.12. The molecule has 5 N–H and O–H groups in total. The van der Waals surface area contributed by atoms with Crippen molar-refractivity contribution in [1.29, 1.82) is 0 Å². The number of aliphatic hydroxyl groups is 1. The predicted molar refractivity (Wildman–Crippen MR) is 56.2 cm³/mol.